The van der Waals surface area contributed by atoms with Crippen molar-refractivity contribution in [3.8, 4) is 0 Å². The van der Waals surface area contributed by atoms with E-state index in [9.17, 15) is 14.5 Å². The molecule has 0 heterocycles. The normalized spacial score (nSPS) is 14.7. The number of hydrogen-bond donors (Lipinski definition) is 1. The summed E-state index contributed by atoms with van der Waals surface area (Å²) in [6, 6.07) is 9.18. The van der Waals surface area contributed by atoms with Gasteiger partial charge in [-0.1, -0.05) is 147 Å². The molecule has 43 heavy (non-hydrogen) atoms. The number of esters is 1. The van der Waals surface area contributed by atoms with Crippen molar-refractivity contribution in [2.45, 2.75) is 167 Å². The van der Waals surface area contributed by atoms with Crippen molar-refractivity contribution in [3.05, 3.63) is 35.9 Å². The van der Waals surface area contributed by atoms with Gasteiger partial charge >= 0.3 is 19.5 Å². The SMILES string of the molecule is CCCCCCCCCCCCSC(CCCCCCCC)C(C)O[P+](=O)C(O)(OCCC)C(=O)OCc1ccccc1. The zero-order valence-electron chi connectivity index (χ0n) is 27.7. The highest BCUT2D eigenvalue weighted by Gasteiger charge is 2.62. The zero-order chi connectivity index (χ0) is 31.6. The molecule has 4 atom stereocenters. The molecule has 0 aliphatic heterocycles. The van der Waals surface area contributed by atoms with Crippen LogP contribution in [0.15, 0.2) is 30.3 Å². The summed E-state index contributed by atoms with van der Waals surface area (Å²) in [5, 5.41) is 11.3. The number of benzene rings is 1. The lowest BCUT2D eigenvalue weighted by Crippen LogP contribution is -2.41. The summed E-state index contributed by atoms with van der Waals surface area (Å²) in [5.74, 6) is -0.0550. The van der Waals surface area contributed by atoms with Crippen LogP contribution in [0.2, 0.25) is 0 Å². The van der Waals surface area contributed by atoms with Crippen molar-refractivity contribution in [1.29, 1.82) is 0 Å². The number of carbonyl (C=O) groups excluding carboxylic acids is 1. The highest BCUT2D eigenvalue weighted by Crippen LogP contribution is 2.43. The van der Waals surface area contributed by atoms with Crippen molar-refractivity contribution in [1.82, 2.24) is 0 Å². The van der Waals surface area contributed by atoms with Crippen LogP contribution in [0.4, 0.5) is 0 Å². The second-order valence-corrected chi connectivity index (χ2v) is 14.4. The molecule has 0 fully saturated rings. The number of carbonyl (C=O) groups is 1. The Morgan fingerprint density at radius 1 is 0.814 bits per heavy atom. The highest BCUT2D eigenvalue weighted by molar-refractivity contribution is 7.99. The summed E-state index contributed by atoms with van der Waals surface area (Å²) < 4.78 is 30.1. The Morgan fingerprint density at radius 2 is 1.35 bits per heavy atom. The molecule has 0 aliphatic rings. The number of aliphatic hydroxyl groups is 1. The van der Waals surface area contributed by atoms with Crippen molar-refractivity contribution in [2.24, 2.45) is 0 Å². The topological polar surface area (TPSA) is 82.1 Å². The Hall–Kier alpha value is -0.980. The van der Waals surface area contributed by atoms with E-state index in [0.29, 0.717) is 6.42 Å². The molecule has 6 nitrogen and oxygen atoms in total. The zero-order valence-corrected chi connectivity index (χ0v) is 29.4. The van der Waals surface area contributed by atoms with Crippen LogP contribution in [0.3, 0.4) is 0 Å². The second kappa shape index (κ2) is 26.3. The molecule has 0 amide bonds. The fourth-order valence-electron chi connectivity index (χ4n) is 4.94. The molecule has 0 aliphatic carbocycles. The van der Waals surface area contributed by atoms with Crippen molar-refractivity contribution < 1.29 is 28.5 Å². The van der Waals surface area contributed by atoms with Gasteiger partial charge in [-0.25, -0.2) is 4.79 Å². The average molecular weight is 642 g/mol. The van der Waals surface area contributed by atoms with E-state index < -0.39 is 25.6 Å². The van der Waals surface area contributed by atoms with Gasteiger partial charge in [0.1, 0.15) is 12.7 Å². The van der Waals surface area contributed by atoms with E-state index in [1.807, 2.05) is 55.9 Å². The third-order valence-electron chi connectivity index (χ3n) is 7.69. The minimum atomic E-state index is -2.90. The van der Waals surface area contributed by atoms with Crippen LogP contribution in [0.1, 0.15) is 149 Å². The monoisotopic (exact) mass is 641 g/mol. The molecule has 0 saturated heterocycles. The maximum Gasteiger partial charge on any atom is 0.589 e. The summed E-state index contributed by atoms with van der Waals surface area (Å²) >= 11 is 1.87. The standard InChI is InChI=1S/C35H62O6PS/c1-5-8-10-12-14-15-16-17-19-24-29-43-33(27-23-18-13-11-9-6-2)31(4)41-42(38)35(37,40-28-7-3)34(36)39-30-32-25-21-20-22-26-32/h20-22,25-26,31,33,37H,5-19,23-24,27-30H2,1-4H3/q+1. The lowest BCUT2D eigenvalue weighted by molar-refractivity contribution is -0.200. The first-order valence-electron chi connectivity index (χ1n) is 17.2. The summed E-state index contributed by atoms with van der Waals surface area (Å²) in [6.07, 6.45) is 21.4. The lowest BCUT2D eigenvalue weighted by Gasteiger charge is -2.22. The van der Waals surface area contributed by atoms with Crippen LogP contribution in [-0.2, 0) is 30.0 Å². The van der Waals surface area contributed by atoms with Gasteiger partial charge in [0.15, 0.2) is 0 Å². The first-order chi connectivity index (χ1) is 20.9. The Morgan fingerprint density at radius 3 is 1.91 bits per heavy atom. The number of hydrogen-bond acceptors (Lipinski definition) is 7. The minimum absolute atomic E-state index is 0.0500. The van der Waals surface area contributed by atoms with Gasteiger partial charge < -0.3 is 9.84 Å². The lowest BCUT2D eigenvalue weighted by atomic mass is 10.1. The van der Waals surface area contributed by atoms with Crippen molar-refractivity contribution in [2.75, 3.05) is 12.4 Å². The third-order valence-corrected chi connectivity index (χ3v) is 10.6. The predicted molar refractivity (Wildman–Crippen MR) is 182 cm³/mol. The molecule has 0 spiro atoms. The molecule has 0 saturated carbocycles. The summed E-state index contributed by atoms with van der Waals surface area (Å²) in [6.45, 7) is 8.25. The fraction of sp³-hybridized carbons (Fsp3) is 0.800. The van der Waals surface area contributed by atoms with E-state index in [1.54, 1.807) is 0 Å². The van der Waals surface area contributed by atoms with Gasteiger partial charge in [0, 0.05) is 5.25 Å². The Labute approximate surface area is 268 Å². The largest absolute Gasteiger partial charge is 0.589 e. The van der Waals surface area contributed by atoms with E-state index >= 15 is 0 Å². The number of rotatable bonds is 29. The maximum atomic E-state index is 13.4. The van der Waals surface area contributed by atoms with Crippen LogP contribution >= 0.6 is 19.8 Å². The summed E-state index contributed by atoms with van der Waals surface area (Å²) in [5.41, 5.74) is -1.87. The Balaban J connectivity index is 2.66. The molecule has 0 bridgehead atoms. The van der Waals surface area contributed by atoms with Gasteiger partial charge in [0.05, 0.1) is 6.61 Å². The molecule has 0 aromatic heterocycles. The smallest absolute Gasteiger partial charge is 0.453 e. The molecule has 1 aromatic rings. The molecule has 4 unspecified atom stereocenters. The number of ether oxygens (including phenoxy) is 2. The molecule has 8 heteroatoms. The van der Waals surface area contributed by atoms with Gasteiger partial charge in [-0.05, 0) is 42.1 Å². The maximum absolute atomic E-state index is 13.4. The van der Waals surface area contributed by atoms with Crippen LogP contribution in [0.5, 0.6) is 0 Å². The highest BCUT2D eigenvalue weighted by atomic mass is 32.2. The molecule has 0 radical (unpaired) electrons. The summed E-state index contributed by atoms with van der Waals surface area (Å²) in [7, 11) is -2.90. The molecular formula is C35H62O6PS+. The van der Waals surface area contributed by atoms with E-state index in [-0.39, 0.29) is 18.5 Å². The van der Waals surface area contributed by atoms with Crippen LogP contribution < -0.4 is 0 Å². The van der Waals surface area contributed by atoms with Crippen LogP contribution in [0.25, 0.3) is 0 Å². The number of thioether (sulfide) groups is 1. The Kier molecular flexibility index (Phi) is 24.5. The summed E-state index contributed by atoms with van der Waals surface area (Å²) in [4.78, 5) is 13.0. The van der Waals surface area contributed by atoms with Crippen LogP contribution in [-0.4, -0.2) is 40.3 Å². The second-order valence-electron chi connectivity index (χ2n) is 11.7. The van der Waals surface area contributed by atoms with Gasteiger partial charge in [-0.3, -0.25) is 4.74 Å². The van der Waals surface area contributed by atoms with Crippen LogP contribution in [0, 0.1) is 0 Å². The predicted octanol–water partition coefficient (Wildman–Crippen LogP) is 10.7. The molecule has 1 N–H and O–H groups in total. The van der Waals surface area contributed by atoms with E-state index in [0.717, 1.165) is 30.6 Å². The molecule has 1 rings (SSSR count). The van der Waals surface area contributed by atoms with Gasteiger partial charge in [-0.15, -0.1) is 4.52 Å². The van der Waals surface area contributed by atoms with Crippen molar-refractivity contribution in [3.63, 3.8) is 0 Å². The first kappa shape index (κ1) is 40.0. The molecular weight excluding hydrogens is 579 g/mol. The molecule has 1 aromatic carbocycles. The molecule has 248 valence electrons. The quantitative estimate of drug-likeness (QED) is 0.0403. The fourth-order valence-corrected chi connectivity index (χ4v) is 7.36. The number of unbranched alkanes of at least 4 members (excludes halogenated alkanes) is 14. The average Bonchev–Trinajstić information content (AvgIpc) is 3.02. The van der Waals surface area contributed by atoms with Gasteiger partial charge in [-0.2, -0.15) is 11.8 Å². The first-order valence-corrected chi connectivity index (χ1v) is 19.4. The third kappa shape index (κ3) is 18.6. The van der Waals surface area contributed by atoms with Gasteiger partial charge in [0.25, 0.3) is 0 Å². The van der Waals surface area contributed by atoms with Gasteiger partial charge in [0.2, 0.25) is 0 Å². The van der Waals surface area contributed by atoms with Crippen molar-refractivity contribution >= 4 is 25.8 Å². The van der Waals surface area contributed by atoms with E-state index in [4.69, 9.17) is 14.0 Å². The van der Waals surface area contributed by atoms with E-state index in [1.165, 1.54) is 89.9 Å². The van der Waals surface area contributed by atoms with E-state index in [2.05, 4.69) is 13.8 Å². The Bertz CT molecular complexity index is 826. The minimum Gasteiger partial charge on any atom is -0.453 e.